The van der Waals surface area contributed by atoms with Crippen LogP contribution in [0.2, 0.25) is 0 Å². The average Bonchev–Trinajstić information content (AvgIpc) is 3.49. The summed E-state index contributed by atoms with van der Waals surface area (Å²) < 4.78 is 11.7. The number of pyridine rings is 1. The molecule has 3 heterocycles. The molecular formula is C22H21N7O5S. The summed E-state index contributed by atoms with van der Waals surface area (Å²) in [5, 5.41) is 26.2. The predicted molar refractivity (Wildman–Crippen MR) is 129 cm³/mol. The van der Waals surface area contributed by atoms with Crippen LogP contribution >= 0.6 is 11.3 Å². The zero-order chi connectivity index (χ0) is 25.1. The molecule has 0 radical (unpaired) electrons. The largest absolute Gasteiger partial charge is 0.493 e. The van der Waals surface area contributed by atoms with Gasteiger partial charge in [-0.15, -0.1) is 16.4 Å². The smallest absolute Gasteiger partial charge is 0.348 e. The number of aromatic carboxylic acids is 1. The molecule has 1 aromatic carbocycles. The highest BCUT2D eigenvalue weighted by Gasteiger charge is 2.25. The number of carboxylic acids is 1. The summed E-state index contributed by atoms with van der Waals surface area (Å²) in [6.07, 6.45) is 1.48. The van der Waals surface area contributed by atoms with Crippen LogP contribution < -0.4 is 26.2 Å². The van der Waals surface area contributed by atoms with Crippen molar-refractivity contribution in [1.29, 1.82) is 5.41 Å². The van der Waals surface area contributed by atoms with E-state index >= 15 is 0 Å². The van der Waals surface area contributed by atoms with Crippen molar-refractivity contribution >= 4 is 28.8 Å². The van der Waals surface area contributed by atoms with Crippen LogP contribution in [0.25, 0.3) is 5.69 Å². The molecule has 13 heteroatoms. The summed E-state index contributed by atoms with van der Waals surface area (Å²) in [5.74, 6) is -0.197. The number of rotatable bonds is 9. The molecule has 1 unspecified atom stereocenters. The molecule has 0 fully saturated rings. The number of anilines is 1. The van der Waals surface area contributed by atoms with Crippen LogP contribution in [-0.4, -0.2) is 50.9 Å². The third-order valence-corrected chi connectivity index (χ3v) is 5.96. The Kier molecular flexibility index (Phi) is 6.51. The van der Waals surface area contributed by atoms with Crippen LogP contribution in [0.5, 0.6) is 11.5 Å². The maximum atomic E-state index is 12.8. The molecule has 4 rings (SSSR count). The first-order valence-corrected chi connectivity index (χ1v) is 11.0. The van der Waals surface area contributed by atoms with Crippen molar-refractivity contribution in [2.75, 3.05) is 19.5 Å². The molecule has 180 valence electrons. The van der Waals surface area contributed by atoms with E-state index in [-0.39, 0.29) is 22.2 Å². The third kappa shape index (κ3) is 4.70. The van der Waals surface area contributed by atoms with Gasteiger partial charge in [-0.1, -0.05) is 0 Å². The molecule has 3 aromatic heterocycles. The van der Waals surface area contributed by atoms with Gasteiger partial charge < -0.3 is 25.6 Å². The van der Waals surface area contributed by atoms with Crippen molar-refractivity contribution in [2.45, 2.75) is 6.04 Å². The minimum absolute atomic E-state index is 0.0151. The number of thiophene rings is 1. The van der Waals surface area contributed by atoms with E-state index in [2.05, 4.69) is 20.4 Å². The van der Waals surface area contributed by atoms with Crippen LogP contribution in [0, 0.1) is 5.41 Å². The van der Waals surface area contributed by atoms with Crippen molar-refractivity contribution in [2.24, 2.45) is 5.73 Å². The second kappa shape index (κ2) is 9.69. The van der Waals surface area contributed by atoms with E-state index in [0.29, 0.717) is 28.4 Å². The lowest BCUT2D eigenvalue weighted by atomic mass is 10.1. The Bertz CT molecular complexity index is 1440. The van der Waals surface area contributed by atoms with Crippen LogP contribution in [0.3, 0.4) is 0 Å². The monoisotopic (exact) mass is 495 g/mol. The van der Waals surface area contributed by atoms with E-state index in [0.717, 1.165) is 16.0 Å². The van der Waals surface area contributed by atoms with Crippen LogP contribution in [-0.2, 0) is 0 Å². The summed E-state index contributed by atoms with van der Waals surface area (Å²) in [6.45, 7) is 0. The fourth-order valence-corrected chi connectivity index (χ4v) is 4.08. The molecule has 0 spiro atoms. The Labute approximate surface area is 202 Å². The fourth-order valence-electron chi connectivity index (χ4n) is 3.37. The minimum Gasteiger partial charge on any atom is -0.493 e. The molecule has 0 aliphatic heterocycles. The highest BCUT2D eigenvalue weighted by molar-refractivity contribution is 7.12. The highest BCUT2D eigenvalue weighted by atomic mass is 32.1. The number of carboxylic acid groups (broad SMARTS) is 1. The summed E-state index contributed by atoms with van der Waals surface area (Å²) >= 11 is 0.991. The van der Waals surface area contributed by atoms with Gasteiger partial charge in [-0.05, 0) is 35.7 Å². The van der Waals surface area contributed by atoms with Crippen molar-refractivity contribution < 1.29 is 19.4 Å². The van der Waals surface area contributed by atoms with E-state index < -0.39 is 17.7 Å². The van der Waals surface area contributed by atoms with Gasteiger partial charge in [-0.3, -0.25) is 15.4 Å². The number of hydrogen-bond acceptors (Lipinski definition) is 9. The van der Waals surface area contributed by atoms with E-state index in [1.165, 1.54) is 26.5 Å². The van der Waals surface area contributed by atoms with Gasteiger partial charge in [-0.25, -0.2) is 9.59 Å². The topological polar surface area (TPSA) is 181 Å². The van der Waals surface area contributed by atoms with Gasteiger partial charge in [0.1, 0.15) is 16.8 Å². The highest BCUT2D eigenvalue weighted by Crippen LogP contribution is 2.31. The van der Waals surface area contributed by atoms with Gasteiger partial charge in [0.05, 0.1) is 31.8 Å². The van der Waals surface area contributed by atoms with E-state index in [1.807, 2.05) is 0 Å². The molecule has 35 heavy (non-hydrogen) atoms. The molecule has 0 saturated carbocycles. The van der Waals surface area contributed by atoms with Gasteiger partial charge in [0.25, 0.3) is 0 Å². The summed E-state index contributed by atoms with van der Waals surface area (Å²) in [5.41, 5.74) is 6.71. The van der Waals surface area contributed by atoms with Gasteiger partial charge in [0.15, 0.2) is 17.3 Å². The van der Waals surface area contributed by atoms with E-state index in [1.54, 1.807) is 35.7 Å². The van der Waals surface area contributed by atoms with Crippen molar-refractivity contribution in [3.63, 3.8) is 0 Å². The number of nitrogen functional groups attached to an aromatic ring is 1. The molecule has 0 saturated heterocycles. The number of nitrogens with one attached hydrogen (secondary N) is 3. The zero-order valence-electron chi connectivity index (χ0n) is 18.6. The first-order chi connectivity index (χ1) is 16.8. The first kappa shape index (κ1) is 23.5. The molecule has 0 aliphatic rings. The number of nitrogens with zero attached hydrogens (tertiary/aromatic N) is 3. The standard InChI is InChI=1S/C22H21N7O5S/c1-33-15-9-13(25-10-16(15)34-2)17(26-12-5-3-11(4-6-12)19(23)24)20-27-22(32)29(28-20)14-7-8-35-18(14)21(30)31/h3-10,17,26H,1-2H3,(H3,23,24)(H,30,31)(H,27,28,32). The maximum absolute atomic E-state index is 12.8. The molecule has 6 N–H and O–H groups in total. The first-order valence-electron chi connectivity index (χ1n) is 10.1. The van der Waals surface area contributed by atoms with Gasteiger partial charge in [0, 0.05) is 17.3 Å². The summed E-state index contributed by atoms with van der Waals surface area (Å²) in [6, 6.07) is 9.19. The SMILES string of the molecule is COc1cnc(C(Nc2ccc(C(=N)N)cc2)c2nn(-c3ccsc3C(=O)O)c(=O)[nH]2)cc1OC. The zero-order valence-corrected chi connectivity index (χ0v) is 19.4. The maximum Gasteiger partial charge on any atom is 0.348 e. The molecule has 0 bridgehead atoms. The Morgan fingerprint density at radius 2 is 1.94 bits per heavy atom. The molecular weight excluding hydrogens is 474 g/mol. The number of hydrogen-bond donors (Lipinski definition) is 5. The average molecular weight is 496 g/mol. The lowest BCUT2D eigenvalue weighted by Gasteiger charge is -2.19. The normalized spacial score (nSPS) is 11.6. The van der Waals surface area contributed by atoms with E-state index in [4.69, 9.17) is 20.6 Å². The number of H-pyrrole nitrogens is 1. The predicted octanol–water partition coefficient (Wildman–Crippen LogP) is 2.22. The molecule has 0 aliphatic carbocycles. The number of methoxy groups -OCH3 is 2. The number of aromatic nitrogens is 4. The Hall–Kier alpha value is -4.65. The number of carbonyl (C=O) groups is 1. The fraction of sp³-hybridized carbons (Fsp3) is 0.136. The molecule has 4 aromatic rings. The minimum atomic E-state index is -1.16. The summed E-state index contributed by atoms with van der Waals surface area (Å²) in [4.78, 5) is 31.5. The van der Waals surface area contributed by atoms with Crippen LogP contribution in [0.15, 0.2) is 52.8 Å². The van der Waals surface area contributed by atoms with Crippen molar-refractivity contribution in [3.05, 3.63) is 80.4 Å². The molecule has 0 amide bonds. The number of nitrogens with two attached hydrogens (primary N) is 1. The Balaban J connectivity index is 1.80. The quantitative estimate of drug-likeness (QED) is 0.172. The Morgan fingerprint density at radius 3 is 2.57 bits per heavy atom. The van der Waals surface area contributed by atoms with Crippen molar-refractivity contribution in [1.82, 2.24) is 19.7 Å². The number of ether oxygens (including phenoxy) is 2. The van der Waals surface area contributed by atoms with Crippen molar-refractivity contribution in [3.8, 4) is 17.2 Å². The van der Waals surface area contributed by atoms with Crippen LogP contribution in [0.4, 0.5) is 5.69 Å². The summed E-state index contributed by atoms with van der Waals surface area (Å²) in [7, 11) is 2.98. The van der Waals surface area contributed by atoms with E-state index in [9.17, 15) is 14.7 Å². The van der Waals surface area contributed by atoms with Gasteiger partial charge in [-0.2, -0.15) is 4.68 Å². The third-order valence-electron chi connectivity index (χ3n) is 5.07. The Morgan fingerprint density at radius 1 is 1.23 bits per heavy atom. The van der Waals surface area contributed by atoms with Crippen LogP contribution in [0.1, 0.15) is 32.8 Å². The molecule has 1 atom stereocenters. The van der Waals surface area contributed by atoms with Gasteiger partial charge >= 0.3 is 11.7 Å². The molecule has 12 nitrogen and oxygen atoms in total. The number of benzene rings is 1. The second-order valence-corrected chi connectivity index (χ2v) is 8.12. The lowest BCUT2D eigenvalue weighted by Crippen LogP contribution is -2.17. The second-order valence-electron chi connectivity index (χ2n) is 7.20. The number of amidine groups is 1. The number of aromatic amines is 1. The lowest BCUT2D eigenvalue weighted by molar-refractivity contribution is 0.0702. The van der Waals surface area contributed by atoms with Gasteiger partial charge in [0.2, 0.25) is 0 Å².